The van der Waals surface area contributed by atoms with Crippen LogP contribution in [0.1, 0.15) is 63.8 Å². The van der Waals surface area contributed by atoms with Gasteiger partial charge in [-0.3, -0.25) is 19.3 Å². The highest BCUT2D eigenvalue weighted by Crippen LogP contribution is 2.36. The molecule has 1 aliphatic heterocycles. The summed E-state index contributed by atoms with van der Waals surface area (Å²) in [5.41, 5.74) is 3.11. The van der Waals surface area contributed by atoms with Gasteiger partial charge >= 0.3 is 11.9 Å². The van der Waals surface area contributed by atoms with Crippen molar-refractivity contribution in [3.63, 3.8) is 0 Å². The molecule has 3 aromatic rings. The molecule has 1 atom stereocenters. The fourth-order valence-electron chi connectivity index (χ4n) is 4.44. The summed E-state index contributed by atoms with van der Waals surface area (Å²) in [4.78, 5) is 65.6. The average molecular weight is 563 g/mol. The molecular weight excluding hydrogens is 532 g/mol. The Morgan fingerprint density at radius 1 is 0.925 bits per heavy atom. The summed E-state index contributed by atoms with van der Waals surface area (Å²) in [6.45, 7) is 6.83. The van der Waals surface area contributed by atoms with Crippen LogP contribution in [0.25, 0.3) is 11.1 Å². The Balaban J connectivity index is 1.49. The number of carbonyl (C=O) groups excluding carboxylic acids is 5. The van der Waals surface area contributed by atoms with Crippen molar-refractivity contribution >= 4 is 46.0 Å². The number of esters is 2. The maximum atomic E-state index is 13.1. The Bertz CT molecular complexity index is 1420. The molecule has 1 N–H and O–H groups in total. The minimum absolute atomic E-state index is 0.0471. The average Bonchev–Trinajstić information content (AvgIpc) is 3.45. The van der Waals surface area contributed by atoms with E-state index in [4.69, 9.17) is 9.47 Å². The largest absolute Gasteiger partial charge is 0.462 e. The van der Waals surface area contributed by atoms with E-state index in [9.17, 15) is 24.0 Å². The zero-order valence-corrected chi connectivity index (χ0v) is 23.5. The molecule has 4 rings (SSSR count). The fraction of sp³-hybridized carbons (Fsp3) is 0.300. The molecule has 2 aromatic carbocycles. The van der Waals surface area contributed by atoms with Crippen LogP contribution in [0.4, 0.5) is 5.00 Å². The normalized spacial score (nSPS) is 13.3. The molecule has 40 heavy (non-hydrogen) atoms. The third-order valence-corrected chi connectivity index (χ3v) is 7.23. The fourth-order valence-corrected chi connectivity index (χ4v) is 5.42. The first-order chi connectivity index (χ1) is 19.1. The number of hydrogen-bond acceptors (Lipinski definition) is 8. The summed E-state index contributed by atoms with van der Waals surface area (Å²) < 4.78 is 10.5. The molecule has 9 nitrogen and oxygen atoms in total. The number of amides is 3. The van der Waals surface area contributed by atoms with E-state index in [2.05, 4.69) is 5.32 Å². The van der Waals surface area contributed by atoms with Gasteiger partial charge in [-0.2, -0.15) is 0 Å². The Labute approximate surface area is 236 Å². The van der Waals surface area contributed by atoms with Crippen molar-refractivity contribution in [1.29, 1.82) is 0 Å². The summed E-state index contributed by atoms with van der Waals surface area (Å²) in [5.74, 6) is -3.33. The van der Waals surface area contributed by atoms with Crippen molar-refractivity contribution in [2.24, 2.45) is 5.92 Å². The highest BCUT2D eigenvalue weighted by atomic mass is 32.1. The van der Waals surface area contributed by atoms with Gasteiger partial charge in [0.15, 0.2) is 6.61 Å². The summed E-state index contributed by atoms with van der Waals surface area (Å²) in [6.07, 6.45) is 0.170. The van der Waals surface area contributed by atoms with Gasteiger partial charge in [-0.25, -0.2) is 9.59 Å². The Morgan fingerprint density at radius 2 is 1.55 bits per heavy atom. The number of thiophene rings is 1. The van der Waals surface area contributed by atoms with E-state index in [0.29, 0.717) is 5.56 Å². The molecule has 0 bridgehead atoms. The molecule has 10 heteroatoms. The number of anilines is 1. The summed E-state index contributed by atoms with van der Waals surface area (Å²) >= 11 is 1.15. The summed E-state index contributed by atoms with van der Waals surface area (Å²) in [5, 5.41) is 4.65. The highest BCUT2D eigenvalue weighted by Gasteiger charge is 2.43. The highest BCUT2D eigenvalue weighted by molar-refractivity contribution is 7.15. The van der Waals surface area contributed by atoms with Crippen molar-refractivity contribution in [2.75, 3.05) is 18.5 Å². The molecule has 0 radical (unpaired) electrons. The van der Waals surface area contributed by atoms with Crippen molar-refractivity contribution in [3.05, 3.63) is 76.2 Å². The maximum absolute atomic E-state index is 13.1. The van der Waals surface area contributed by atoms with Crippen LogP contribution < -0.4 is 5.32 Å². The zero-order chi connectivity index (χ0) is 29.0. The van der Waals surface area contributed by atoms with Crippen LogP contribution in [0.5, 0.6) is 0 Å². The van der Waals surface area contributed by atoms with E-state index in [0.717, 1.165) is 27.4 Å². The van der Waals surface area contributed by atoms with Gasteiger partial charge in [0.2, 0.25) is 0 Å². The predicted octanol–water partition coefficient (Wildman–Crippen LogP) is 5.09. The lowest BCUT2D eigenvalue weighted by atomic mass is 10.0. The predicted molar refractivity (Wildman–Crippen MR) is 150 cm³/mol. The van der Waals surface area contributed by atoms with E-state index < -0.39 is 42.3 Å². The Kier molecular flexibility index (Phi) is 8.79. The van der Waals surface area contributed by atoms with Crippen molar-refractivity contribution in [2.45, 2.75) is 40.2 Å². The lowest BCUT2D eigenvalue weighted by molar-refractivity contribution is -0.151. The van der Waals surface area contributed by atoms with E-state index in [1.54, 1.807) is 24.4 Å². The SMILES string of the molecule is CCOC(=O)c1c(-c2ccc(C)cc2)csc1NC(=O)COC(=O)[C@H](CC(C)C)N1C(=O)c2ccccc2C1=O. The van der Waals surface area contributed by atoms with E-state index in [1.807, 2.05) is 45.0 Å². The van der Waals surface area contributed by atoms with Gasteiger partial charge in [0.1, 0.15) is 16.6 Å². The third-order valence-electron chi connectivity index (χ3n) is 6.34. The topological polar surface area (TPSA) is 119 Å². The van der Waals surface area contributed by atoms with Crippen LogP contribution >= 0.6 is 11.3 Å². The number of imide groups is 1. The number of nitrogens with zero attached hydrogens (tertiary/aromatic N) is 1. The first-order valence-corrected chi connectivity index (χ1v) is 13.8. The second kappa shape index (κ2) is 12.3. The van der Waals surface area contributed by atoms with E-state index in [1.165, 1.54) is 12.1 Å². The first kappa shape index (κ1) is 28.7. The monoisotopic (exact) mass is 562 g/mol. The standard InChI is InChI=1S/C30H30N2O7S/c1-5-38-30(37)25-22(19-12-10-18(4)11-13-19)16-40-26(25)31-24(33)15-39-29(36)23(14-17(2)3)32-27(34)20-8-6-7-9-21(20)28(32)35/h6-13,16-17,23H,5,14-15H2,1-4H3,(H,31,33)/t23-/m0/s1. The molecule has 0 fully saturated rings. The zero-order valence-electron chi connectivity index (χ0n) is 22.7. The number of nitrogens with one attached hydrogen (secondary N) is 1. The quantitative estimate of drug-likeness (QED) is 0.270. The molecule has 208 valence electrons. The van der Waals surface area contributed by atoms with Crippen LogP contribution in [0.2, 0.25) is 0 Å². The van der Waals surface area contributed by atoms with Gasteiger partial charge in [-0.05, 0) is 43.9 Å². The van der Waals surface area contributed by atoms with E-state index in [-0.39, 0.29) is 40.6 Å². The first-order valence-electron chi connectivity index (χ1n) is 12.9. The van der Waals surface area contributed by atoms with Gasteiger partial charge in [0.25, 0.3) is 17.7 Å². The van der Waals surface area contributed by atoms with Crippen LogP contribution in [-0.4, -0.2) is 53.8 Å². The minimum Gasteiger partial charge on any atom is -0.462 e. The molecule has 2 heterocycles. The number of benzene rings is 2. The van der Waals surface area contributed by atoms with Crippen molar-refractivity contribution < 1.29 is 33.4 Å². The molecule has 0 aliphatic carbocycles. The van der Waals surface area contributed by atoms with Gasteiger partial charge in [-0.15, -0.1) is 11.3 Å². The van der Waals surface area contributed by atoms with Crippen LogP contribution in [0.15, 0.2) is 53.9 Å². The maximum Gasteiger partial charge on any atom is 0.341 e. The van der Waals surface area contributed by atoms with Crippen LogP contribution in [-0.2, 0) is 19.1 Å². The second-order valence-corrected chi connectivity index (χ2v) is 10.6. The molecule has 1 aromatic heterocycles. The lowest BCUT2D eigenvalue weighted by Crippen LogP contribution is -2.46. The van der Waals surface area contributed by atoms with Crippen LogP contribution in [0.3, 0.4) is 0 Å². The molecule has 1 aliphatic rings. The molecule has 0 saturated carbocycles. The van der Waals surface area contributed by atoms with E-state index >= 15 is 0 Å². The number of hydrogen-bond donors (Lipinski definition) is 1. The van der Waals surface area contributed by atoms with Crippen molar-refractivity contribution in [1.82, 2.24) is 4.90 Å². The number of fused-ring (bicyclic) bond motifs is 1. The Hall–Kier alpha value is -4.31. The number of rotatable bonds is 10. The van der Waals surface area contributed by atoms with Gasteiger partial charge < -0.3 is 14.8 Å². The van der Waals surface area contributed by atoms with Crippen molar-refractivity contribution in [3.8, 4) is 11.1 Å². The Morgan fingerprint density at radius 3 is 2.12 bits per heavy atom. The second-order valence-electron chi connectivity index (χ2n) is 9.77. The third kappa shape index (κ3) is 5.96. The minimum atomic E-state index is -1.19. The van der Waals surface area contributed by atoms with Gasteiger partial charge in [0, 0.05) is 10.9 Å². The van der Waals surface area contributed by atoms with Gasteiger partial charge in [-0.1, -0.05) is 55.8 Å². The molecule has 0 saturated heterocycles. The number of carbonyl (C=O) groups is 5. The molecule has 0 spiro atoms. The summed E-state index contributed by atoms with van der Waals surface area (Å²) in [7, 11) is 0. The summed E-state index contributed by atoms with van der Waals surface area (Å²) in [6, 6.07) is 12.8. The molecule has 0 unspecified atom stereocenters. The smallest absolute Gasteiger partial charge is 0.341 e. The lowest BCUT2D eigenvalue weighted by Gasteiger charge is -2.25. The number of aryl methyl sites for hydroxylation is 1. The number of ether oxygens (including phenoxy) is 2. The van der Waals surface area contributed by atoms with Gasteiger partial charge in [0.05, 0.1) is 17.7 Å². The molecule has 3 amide bonds. The molecular formula is C30H30N2O7S. The van der Waals surface area contributed by atoms with Crippen LogP contribution in [0, 0.1) is 12.8 Å².